The van der Waals surface area contributed by atoms with Gasteiger partial charge in [-0.05, 0) is 17.5 Å². The van der Waals surface area contributed by atoms with Gasteiger partial charge in [0.05, 0.1) is 6.07 Å². The van der Waals surface area contributed by atoms with E-state index in [1.165, 1.54) is 11.3 Å². The van der Waals surface area contributed by atoms with Crippen molar-refractivity contribution in [2.24, 2.45) is 0 Å². The zero-order valence-electron chi connectivity index (χ0n) is 9.06. The number of benzene rings is 1. The molecule has 0 bridgehead atoms. The maximum Gasteiger partial charge on any atom is 0.185 e. The maximum atomic E-state index is 13.5. The third kappa shape index (κ3) is 2.29. The first-order valence-electron chi connectivity index (χ1n) is 5.04. The molecule has 2 rings (SSSR count). The summed E-state index contributed by atoms with van der Waals surface area (Å²) in [5.41, 5.74) is 0.255. The Morgan fingerprint density at radius 2 is 2.11 bits per heavy atom. The average Bonchev–Trinajstić information content (AvgIpc) is 2.86. The van der Waals surface area contributed by atoms with Crippen molar-refractivity contribution in [1.82, 2.24) is 0 Å². The zero-order chi connectivity index (χ0) is 13.1. The second kappa shape index (κ2) is 5.07. The van der Waals surface area contributed by atoms with Crippen molar-refractivity contribution in [2.45, 2.75) is 5.92 Å². The molecule has 0 N–H and O–H groups in total. The first kappa shape index (κ1) is 12.4. The van der Waals surface area contributed by atoms with Crippen molar-refractivity contribution in [1.29, 1.82) is 5.26 Å². The summed E-state index contributed by atoms with van der Waals surface area (Å²) in [4.78, 5) is 12.0. The van der Waals surface area contributed by atoms with Gasteiger partial charge in [0.25, 0.3) is 0 Å². The van der Waals surface area contributed by atoms with E-state index in [9.17, 15) is 13.6 Å². The summed E-state index contributed by atoms with van der Waals surface area (Å²) in [5, 5.41) is 12.3. The maximum absolute atomic E-state index is 13.5. The van der Waals surface area contributed by atoms with Gasteiger partial charge in [-0.3, -0.25) is 4.79 Å². The smallest absolute Gasteiger partial charge is 0.185 e. The summed E-state index contributed by atoms with van der Waals surface area (Å²) in [7, 11) is 0. The Morgan fingerprint density at radius 1 is 1.33 bits per heavy atom. The molecule has 0 fully saturated rings. The highest BCUT2D eigenvalue weighted by Gasteiger charge is 2.25. The molecule has 0 saturated carbocycles. The lowest BCUT2D eigenvalue weighted by molar-refractivity contribution is 0.0978. The number of carbonyl (C=O) groups is 1. The minimum absolute atomic E-state index is 0.102. The highest BCUT2D eigenvalue weighted by molar-refractivity contribution is 7.08. The molecule has 5 heteroatoms. The van der Waals surface area contributed by atoms with Crippen LogP contribution in [-0.4, -0.2) is 5.78 Å². The largest absolute Gasteiger partial charge is 0.292 e. The molecular formula is C13H7F2NOS. The lowest BCUT2D eigenvalue weighted by Crippen LogP contribution is -2.12. The molecule has 18 heavy (non-hydrogen) atoms. The van der Waals surface area contributed by atoms with Crippen molar-refractivity contribution in [3.05, 3.63) is 57.8 Å². The second-order valence-corrected chi connectivity index (χ2v) is 4.38. The minimum atomic E-state index is -1.25. The van der Waals surface area contributed by atoms with Crippen LogP contribution < -0.4 is 0 Å². The predicted molar refractivity (Wildman–Crippen MR) is 63.4 cm³/mol. The summed E-state index contributed by atoms with van der Waals surface area (Å²) in [5.74, 6) is -3.36. The Morgan fingerprint density at radius 3 is 2.67 bits per heavy atom. The number of hydrogen-bond acceptors (Lipinski definition) is 3. The number of ketones is 1. The van der Waals surface area contributed by atoms with Crippen LogP contribution in [0.1, 0.15) is 21.8 Å². The lowest BCUT2D eigenvalue weighted by Gasteiger charge is -2.08. The van der Waals surface area contributed by atoms with Gasteiger partial charge in [0, 0.05) is 22.6 Å². The highest BCUT2D eigenvalue weighted by Crippen LogP contribution is 2.24. The Hall–Kier alpha value is -2.06. The van der Waals surface area contributed by atoms with Gasteiger partial charge in [-0.25, -0.2) is 8.78 Å². The number of thiophene rings is 1. The van der Waals surface area contributed by atoms with E-state index in [2.05, 4.69) is 0 Å². The van der Waals surface area contributed by atoms with Crippen molar-refractivity contribution in [3.8, 4) is 6.07 Å². The first-order valence-corrected chi connectivity index (χ1v) is 5.98. The van der Waals surface area contributed by atoms with E-state index >= 15 is 0 Å². The topological polar surface area (TPSA) is 40.9 Å². The molecule has 1 heterocycles. The molecule has 1 atom stereocenters. The van der Waals surface area contributed by atoms with Crippen molar-refractivity contribution < 1.29 is 13.6 Å². The van der Waals surface area contributed by atoms with Gasteiger partial charge < -0.3 is 0 Å². The van der Waals surface area contributed by atoms with E-state index in [0.717, 1.165) is 12.1 Å². The van der Waals surface area contributed by atoms with Crippen LogP contribution in [0.5, 0.6) is 0 Å². The summed E-state index contributed by atoms with van der Waals surface area (Å²) < 4.78 is 26.3. The number of hydrogen-bond donors (Lipinski definition) is 0. The molecule has 1 unspecified atom stereocenters. The SMILES string of the molecule is N#CC(C(=O)c1ccsc1)c1ccc(F)cc1F. The molecule has 2 aromatic rings. The number of carbonyl (C=O) groups excluding carboxylic acids is 1. The number of rotatable bonds is 3. The number of halogens is 2. The summed E-state index contributed by atoms with van der Waals surface area (Å²) in [6, 6.07) is 6.15. The van der Waals surface area contributed by atoms with Gasteiger partial charge in [0.1, 0.15) is 17.6 Å². The van der Waals surface area contributed by atoms with Crippen LogP contribution in [0.15, 0.2) is 35.0 Å². The molecule has 0 amide bonds. The number of Topliss-reactive ketones (excluding diaryl/α,β-unsaturated/α-hetero) is 1. The highest BCUT2D eigenvalue weighted by atomic mass is 32.1. The lowest BCUT2D eigenvalue weighted by atomic mass is 9.92. The van der Waals surface area contributed by atoms with Crippen LogP contribution >= 0.6 is 11.3 Å². The van der Waals surface area contributed by atoms with Crippen molar-refractivity contribution in [2.75, 3.05) is 0 Å². The van der Waals surface area contributed by atoms with Crippen LogP contribution in [0, 0.1) is 23.0 Å². The van der Waals surface area contributed by atoms with E-state index in [0.29, 0.717) is 11.6 Å². The third-order valence-corrected chi connectivity index (χ3v) is 3.15. The Bertz CT molecular complexity index is 616. The van der Waals surface area contributed by atoms with Gasteiger partial charge in [-0.1, -0.05) is 6.07 Å². The fraction of sp³-hybridized carbons (Fsp3) is 0.0769. The van der Waals surface area contributed by atoms with Gasteiger partial charge in [-0.15, -0.1) is 0 Å². The van der Waals surface area contributed by atoms with Crippen LogP contribution in [-0.2, 0) is 0 Å². The molecular weight excluding hydrogens is 256 g/mol. The number of nitriles is 1. The molecule has 1 aromatic heterocycles. The molecule has 90 valence electrons. The van der Waals surface area contributed by atoms with Gasteiger partial charge in [-0.2, -0.15) is 16.6 Å². The summed E-state index contributed by atoms with van der Waals surface area (Å²) in [6.07, 6.45) is 0. The van der Waals surface area contributed by atoms with Crippen LogP contribution in [0.2, 0.25) is 0 Å². The van der Waals surface area contributed by atoms with Crippen LogP contribution in [0.4, 0.5) is 8.78 Å². The van der Waals surface area contributed by atoms with Crippen LogP contribution in [0.3, 0.4) is 0 Å². The quantitative estimate of drug-likeness (QED) is 0.795. The van der Waals surface area contributed by atoms with E-state index in [1.807, 2.05) is 0 Å². The Kier molecular flexibility index (Phi) is 3.49. The number of nitrogens with zero attached hydrogens (tertiary/aromatic N) is 1. The standard InChI is InChI=1S/C13H7F2NOS/c14-9-1-2-10(12(15)5-9)11(6-16)13(17)8-3-4-18-7-8/h1-5,7,11H. The van der Waals surface area contributed by atoms with E-state index in [4.69, 9.17) is 5.26 Å². The van der Waals surface area contributed by atoms with Gasteiger partial charge in [0.2, 0.25) is 0 Å². The van der Waals surface area contributed by atoms with Gasteiger partial charge >= 0.3 is 0 Å². The molecule has 0 aliphatic rings. The fourth-order valence-electron chi connectivity index (χ4n) is 1.58. The summed E-state index contributed by atoms with van der Waals surface area (Å²) >= 11 is 1.31. The summed E-state index contributed by atoms with van der Waals surface area (Å²) in [6.45, 7) is 0. The fourth-order valence-corrected chi connectivity index (χ4v) is 2.22. The third-order valence-electron chi connectivity index (χ3n) is 2.47. The second-order valence-electron chi connectivity index (χ2n) is 3.60. The first-order chi connectivity index (χ1) is 8.63. The van der Waals surface area contributed by atoms with Crippen molar-refractivity contribution >= 4 is 17.1 Å². The monoisotopic (exact) mass is 263 g/mol. The molecule has 0 aliphatic heterocycles. The minimum Gasteiger partial charge on any atom is -0.292 e. The zero-order valence-corrected chi connectivity index (χ0v) is 9.88. The Balaban J connectivity index is 2.41. The van der Waals surface area contributed by atoms with Crippen molar-refractivity contribution in [3.63, 3.8) is 0 Å². The molecule has 0 saturated heterocycles. The predicted octanol–water partition coefficient (Wildman–Crippen LogP) is 3.52. The van der Waals surface area contributed by atoms with Crippen LogP contribution in [0.25, 0.3) is 0 Å². The average molecular weight is 263 g/mol. The molecule has 1 aromatic carbocycles. The van der Waals surface area contributed by atoms with Gasteiger partial charge in [0.15, 0.2) is 5.78 Å². The molecule has 0 aliphatic carbocycles. The van der Waals surface area contributed by atoms with E-state index < -0.39 is 23.3 Å². The molecule has 2 nitrogen and oxygen atoms in total. The molecule has 0 radical (unpaired) electrons. The normalized spacial score (nSPS) is 11.8. The van der Waals surface area contributed by atoms with E-state index in [-0.39, 0.29) is 5.56 Å². The molecule has 0 spiro atoms. The Labute approximate surface area is 106 Å². The van der Waals surface area contributed by atoms with E-state index in [1.54, 1.807) is 22.9 Å².